The van der Waals surface area contributed by atoms with E-state index in [1.54, 1.807) is 62.6 Å². The molecule has 138 valence electrons. The zero-order valence-corrected chi connectivity index (χ0v) is 15.4. The molecule has 8 heteroatoms. The molecule has 0 radical (unpaired) electrons. The monoisotopic (exact) mass is 385 g/mol. The van der Waals surface area contributed by atoms with Gasteiger partial charge in [-0.15, -0.1) is 0 Å². The first-order valence-corrected chi connectivity index (χ1v) is 8.29. The van der Waals surface area contributed by atoms with Crippen LogP contribution in [0.4, 0.5) is 0 Å². The van der Waals surface area contributed by atoms with Crippen molar-refractivity contribution in [3.05, 3.63) is 70.4 Å². The van der Waals surface area contributed by atoms with Gasteiger partial charge in [0.15, 0.2) is 5.84 Å². The highest BCUT2D eigenvalue weighted by molar-refractivity contribution is 6.33. The van der Waals surface area contributed by atoms with Crippen LogP contribution in [0, 0.1) is 6.92 Å². The first-order chi connectivity index (χ1) is 13.0. The Kier molecular flexibility index (Phi) is 5.42. The first kappa shape index (κ1) is 18.5. The van der Waals surface area contributed by atoms with Gasteiger partial charge < -0.3 is 19.8 Å². The van der Waals surface area contributed by atoms with E-state index in [1.165, 1.54) is 0 Å². The molecule has 0 saturated carbocycles. The molecule has 1 aromatic heterocycles. The Bertz CT molecular complexity index is 996. The molecule has 0 atom stereocenters. The fraction of sp³-hybridized carbons (Fsp3) is 0.105. The lowest BCUT2D eigenvalue weighted by Crippen LogP contribution is -2.15. The Balaban J connectivity index is 1.84. The summed E-state index contributed by atoms with van der Waals surface area (Å²) in [4.78, 5) is 17.5. The second-order valence-corrected chi connectivity index (χ2v) is 5.93. The Labute approximate surface area is 160 Å². The molecule has 3 rings (SSSR count). The minimum atomic E-state index is -0.750. The number of methoxy groups -OCH3 is 1. The molecular weight excluding hydrogens is 370 g/mol. The van der Waals surface area contributed by atoms with Crippen LogP contribution in [0.5, 0.6) is 5.75 Å². The van der Waals surface area contributed by atoms with Crippen molar-refractivity contribution in [2.24, 2.45) is 10.9 Å². The number of hydrogen-bond acceptors (Lipinski definition) is 6. The average molecular weight is 386 g/mol. The molecule has 0 aliphatic rings. The summed E-state index contributed by atoms with van der Waals surface area (Å²) in [6, 6.07) is 13.8. The molecule has 0 aliphatic heterocycles. The molecule has 1 heterocycles. The van der Waals surface area contributed by atoms with E-state index in [9.17, 15) is 4.79 Å². The third-order valence-corrected chi connectivity index (χ3v) is 4.14. The van der Waals surface area contributed by atoms with Crippen LogP contribution in [-0.2, 0) is 4.84 Å². The Morgan fingerprint density at radius 2 is 1.89 bits per heavy atom. The number of amidine groups is 1. The molecule has 3 aromatic rings. The van der Waals surface area contributed by atoms with Gasteiger partial charge in [0.25, 0.3) is 0 Å². The van der Waals surface area contributed by atoms with Crippen LogP contribution in [0.15, 0.2) is 58.2 Å². The van der Waals surface area contributed by atoms with Gasteiger partial charge in [-0.2, -0.15) is 0 Å². The molecule has 0 spiro atoms. The number of ether oxygens (including phenoxy) is 1. The minimum absolute atomic E-state index is 0.0411. The van der Waals surface area contributed by atoms with Gasteiger partial charge in [-0.25, -0.2) is 4.79 Å². The second kappa shape index (κ2) is 7.92. The number of nitrogens with two attached hydrogens (primary N) is 1. The van der Waals surface area contributed by atoms with Gasteiger partial charge in [0.05, 0.1) is 12.1 Å². The number of halogens is 1. The molecule has 0 aliphatic carbocycles. The third kappa shape index (κ3) is 3.93. The zero-order chi connectivity index (χ0) is 19.4. The largest absolute Gasteiger partial charge is 0.497 e. The number of nitrogens with zero attached hydrogens (tertiary/aromatic N) is 2. The lowest BCUT2D eigenvalue weighted by Gasteiger charge is -2.04. The molecular formula is C19H16ClN3O4. The van der Waals surface area contributed by atoms with Gasteiger partial charge in [0.1, 0.15) is 22.8 Å². The average Bonchev–Trinajstić information content (AvgIpc) is 3.07. The predicted octanol–water partition coefficient (Wildman–Crippen LogP) is 3.79. The molecule has 0 saturated heterocycles. The normalized spacial score (nSPS) is 11.3. The van der Waals surface area contributed by atoms with Crippen molar-refractivity contribution >= 4 is 23.4 Å². The number of hydrogen-bond donors (Lipinski definition) is 1. The van der Waals surface area contributed by atoms with Gasteiger partial charge in [-0.05, 0) is 37.3 Å². The van der Waals surface area contributed by atoms with Crippen LogP contribution in [-0.4, -0.2) is 24.1 Å². The van der Waals surface area contributed by atoms with Crippen molar-refractivity contribution in [3.63, 3.8) is 0 Å². The Hall–Kier alpha value is -3.32. The number of rotatable bonds is 5. The number of oxime groups is 1. The van der Waals surface area contributed by atoms with Crippen molar-refractivity contribution in [3.8, 4) is 17.0 Å². The van der Waals surface area contributed by atoms with Crippen LogP contribution in [0.3, 0.4) is 0 Å². The van der Waals surface area contributed by atoms with E-state index in [-0.39, 0.29) is 22.9 Å². The van der Waals surface area contributed by atoms with E-state index in [0.717, 1.165) is 0 Å². The van der Waals surface area contributed by atoms with Crippen LogP contribution in [0.25, 0.3) is 11.3 Å². The quantitative estimate of drug-likeness (QED) is 0.310. The lowest BCUT2D eigenvalue weighted by molar-refractivity contribution is 0.0515. The first-order valence-electron chi connectivity index (χ1n) is 7.91. The van der Waals surface area contributed by atoms with Gasteiger partial charge in [-0.1, -0.05) is 40.1 Å². The Morgan fingerprint density at radius 3 is 2.56 bits per heavy atom. The standard InChI is InChI=1S/C19H16ClN3O4/c1-11-16(17(22-26-11)14-5-3-4-6-15(14)20)19(24)27-23-18(21)12-7-9-13(25-2)10-8-12/h3-10H,1-2H3,(H2,21,23). The molecule has 0 amide bonds. The van der Waals surface area contributed by atoms with Crippen molar-refractivity contribution in [2.75, 3.05) is 7.11 Å². The number of aromatic nitrogens is 1. The summed E-state index contributed by atoms with van der Waals surface area (Å²) in [6.45, 7) is 1.60. The van der Waals surface area contributed by atoms with Crippen LogP contribution >= 0.6 is 11.6 Å². The molecule has 27 heavy (non-hydrogen) atoms. The third-order valence-electron chi connectivity index (χ3n) is 3.81. The second-order valence-electron chi connectivity index (χ2n) is 5.53. The van der Waals surface area contributed by atoms with Gasteiger partial charge in [0.2, 0.25) is 0 Å². The van der Waals surface area contributed by atoms with Gasteiger partial charge >= 0.3 is 5.97 Å². The fourth-order valence-corrected chi connectivity index (χ4v) is 2.63. The molecule has 0 unspecified atom stereocenters. The maximum atomic E-state index is 12.5. The van der Waals surface area contributed by atoms with Gasteiger partial charge in [0, 0.05) is 11.1 Å². The molecule has 7 nitrogen and oxygen atoms in total. The van der Waals surface area contributed by atoms with Crippen LogP contribution in [0.1, 0.15) is 21.7 Å². The van der Waals surface area contributed by atoms with E-state index in [4.69, 9.17) is 31.4 Å². The van der Waals surface area contributed by atoms with E-state index in [0.29, 0.717) is 21.9 Å². The summed E-state index contributed by atoms with van der Waals surface area (Å²) in [6.07, 6.45) is 0. The van der Waals surface area contributed by atoms with Crippen molar-refractivity contribution < 1.29 is 18.9 Å². The van der Waals surface area contributed by atoms with Crippen LogP contribution < -0.4 is 10.5 Å². The predicted molar refractivity (Wildman–Crippen MR) is 101 cm³/mol. The molecule has 0 bridgehead atoms. The van der Waals surface area contributed by atoms with E-state index >= 15 is 0 Å². The topological polar surface area (TPSA) is 99.9 Å². The van der Waals surface area contributed by atoms with Crippen molar-refractivity contribution in [2.45, 2.75) is 6.92 Å². The molecule has 0 fully saturated rings. The highest BCUT2D eigenvalue weighted by Crippen LogP contribution is 2.31. The van der Waals surface area contributed by atoms with E-state index in [2.05, 4.69) is 10.3 Å². The Morgan fingerprint density at radius 1 is 1.19 bits per heavy atom. The van der Waals surface area contributed by atoms with Crippen LogP contribution in [0.2, 0.25) is 5.02 Å². The van der Waals surface area contributed by atoms with E-state index in [1.807, 2.05) is 0 Å². The summed E-state index contributed by atoms with van der Waals surface area (Å²) >= 11 is 6.19. The number of benzene rings is 2. The highest BCUT2D eigenvalue weighted by atomic mass is 35.5. The minimum Gasteiger partial charge on any atom is -0.497 e. The maximum Gasteiger partial charge on any atom is 0.371 e. The summed E-state index contributed by atoms with van der Waals surface area (Å²) in [5, 5.41) is 8.06. The van der Waals surface area contributed by atoms with E-state index < -0.39 is 5.97 Å². The molecule has 2 N–H and O–H groups in total. The molecule has 2 aromatic carbocycles. The van der Waals surface area contributed by atoms with Crippen molar-refractivity contribution in [1.82, 2.24) is 5.16 Å². The van der Waals surface area contributed by atoms with Crippen molar-refractivity contribution in [1.29, 1.82) is 0 Å². The van der Waals surface area contributed by atoms with Gasteiger partial charge in [-0.3, -0.25) is 0 Å². The zero-order valence-electron chi connectivity index (χ0n) is 14.6. The number of carbonyl (C=O) groups is 1. The summed E-state index contributed by atoms with van der Waals surface area (Å²) in [7, 11) is 1.56. The number of aryl methyl sites for hydroxylation is 1. The summed E-state index contributed by atoms with van der Waals surface area (Å²) < 4.78 is 10.2. The lowest BCUT2D eigenvalue weighted by atomic mass is 10.1. The summed E-state index contributed by atoms with van der Waals surface area (Å²) in [5.74, 6) is 0.251. The fourth-order valence-electron chi connectivity index (χ4n) is 2.40. The number of carbonyl (C=O) groups excluding carboxylic acids is 1. The maximum absolute atomic E-state index is 12.5. The highest BCUT2D eigenvalue weighted by Gasteiger charge is 2.24. The SMILES string of the molecule is COc1ccc(/C(N)=N/OC(=O)c2c(-c3ccccc3Cl)noc2C)cc1. The summed E-state index contributed by atoms with van der Waals surface area (Å²) in [5.41, 5.74) is 7.42. The smallest absolute Gasteiger partial charge is 0.371 e.